The topological polar surface area (TPSA) is 92.8 Å². The van der Waals surface area contributed by atoms with E-state index in [4.69, 9.17) is 0 Å². The van der Waals surface area contributed by atoms with E-state index in [1.54, 1.807) is 13.0 Å². The van der Waals surface area contributed by atoms with Crippen molar-refractivity contribution in [3.05, 3.63) is 58.8 Å². The van der Waals surface area contributed by atoms with Crippen LogP contribution in [0.15, 0.2) is 41.7 Å². The number of anilines is 1. The molecule has 12 heteroatoms. The van der Waals surface area contributed by atoms with Crippen LogP contribution in [-0.4, -0.2) is 45.5 Å². The van der Waals surface area contributed by atoms with Gasteiger partial charge in [-0.3, -0.25) is 4.79 Å². The van der Waals surface area contributed by atoms with Crippen molar-refractivity contribution in [2.75, 3.05) is 11.9 Å². The zero-order valence-corrected chi connectivity index (χ0v) is 19.3. The molecular weight excluding hydrogens is 483 g/mol. The van der Waals surface area contributed by atoms with Crippen molar-refractivity contribution in [3.8, 4) is 0 Å². The van der Waals surface area contributed by atoms with Gasteiger partial charge in [0.05, 0.1) is 11.6 Å². The van der Waals surface area contributed by atoms with Gasteiger partial charge in [-0.1, -0.05) is 0 Å². The molecule has 4 rings (SSSR count). The third-order valence-electron chi connectivity index (χ3n) is 6.26. The average Bonchev–Trinajstić information content (AvgIpc) is 3.75. The van der Waals surface area contributed by atoms with E-state index in [1.165, 1.54) is 17.3 Å². The Balaban J connectivity index is 1.71. The second kappa shape index (κ2) is 9.90. The molecule has 1 amide bonds. The number of carbonyl (C=O) groups excluding carboxylic acids is 1. The first-order chi connectivity index (χ1) is 17.0. The van der Waals surface area contributed by atoms with E-state index in [1.807, 2.05) is 0 Å². The van der Waals surface area contributed by atoms with E-state index in [-0.39, 0.29) is 37.1 Å². The number of nitrogens with one attached hydrogen (secondary N) is 1. The van der Waals surface area contributed by atoms with Crippen LogP contribution in [0.25, 0.3) is 5.41 Å². The van der Waals surface area contributed by atoms with Gasteiger partial charge in [0, 0.05) is 41.8 Å². The molecule has 2 aliphatic rings. The Morgan fingerprint density at radius 3 is 2.33 bits per heavy atom. The first-order valence-corrected chi connectivity index (χ1v) is 11.5. The Bertz CT molecular complexity index is 1150. The molecule has 36 heavy (non-hydrogen) atoms. The molecule has 2 fully saturated rings. The maximum Gasteiger partial charge on any atom is 0.416 e. The molecular formula is C24H24F5N6O-. The predicted molar refractivity (Wildman–Crippen MR) is 124 cm³/mol. The van der Waals surface area contributed by atoms with Crippen LogP contribution in [0.2, 0.25) is 0 Å². The molecule has 2 saturated carbocycles. The molecule has 192 valence electrons. The van der Waals surface area contributed by atoms with Crippen molar-refractivity contribution < 1.29 is 26.7 Å². The van der Waals surface area contributed by atoms with Gasteiger partial charge in [0.15, 0.2) is 0 Å². The van der Waals surface area contributed by atoms with Crippen molar-refractivity contribution in [2.45, 2.75) is 50.7 Å². The van der Waals surface area contributed by atoms with Crippen LogP contribution >= 0.6 is 0 Å². The molecule has 7 nitrogen and oxygen atoms in total. The van der Waals surface area contributed by atoms with E-state index < -0.39 is 46.7 Å². The van der Waals surface area contributed by atoms with Crippen molar-refractivity contribution in [2.24, 2.45) is 16.8 Å². The van der Waals surface area contributed by atoms with Gasteiger partial charge in [0.2, 0.25) is 5.95 Å². The zero-order chi connectivity index (χ0) is 26.1. The lowest BCUT2D eigenvalue weighted by Crippen LogP contribution is -2.47. The number of aromatic nitrogens is 2. The highest BCUT2D eigenvalue weighted by Gasteiger charge is 2.49. The lowest BCUT2D eigenvalue weighted by molar-refractivity contribution is -0.137. The minimum absolute atomic E-state index is 0.0493. The molecule has 0 saturated heterocycles. The van der Waals surface area contributed by atoms with E-state index >= 15 is 0 Å². The molecule has 0 aliphatic heterocycles. The van der Waals surface area contributed by atoms with Crippen molar-refractivity contribution in [1.29, 1.82) is 0 Å². The average molecular weight is 507 g/mol. The van der Waals surface area contributed by atoms with Crippen LogP contribution in [0, 0.1) is 11.8 Å². The highest BCUT2D eigenvalue weighted by atomic mass is 19.4. The number of amides is 1. The summed E-state index contributed by atoms with van der Waals surface area (Å²) in [5.74, 6) is -5.09. The number of hydrogen-bond acceptors (Lipinski definition) is 3. The standard InChI is InChI=1S/C24H24F5N6O/c1-14(20(33-13-30)34-22-31-7-2-8-32-22)35(12-15-3-4-15)21(36)16-9-18(23(25,26)17-5-6-17)11-19(10-16)24(27,28)29/h2,7-11,13-15,17H,3-6,12H2,1H3,(H-,30,31,32,33,34)/q-1. The first-order valence-electron chi connectivity index (χ1n) is 11.5. The number of aliphatic imine (C=N–C) groups is 1. The fourth-order valence-electron chi connectivity index (χ4n) is 3.88. The third kappa shape index (κ3) is 5.85. The van der Waals surface area contributed by atoms with Crippen LogP contribution in [0.5, 0.6) is 0 Å². The number of halogens is 5. The molecule has 1 aromatic carbocycles. The summed E-state index contributed by atoms with van der Waals surface area (Å²) in [5, 5.41) is 12.1. The molecule has 2 aliphatic carbocycles. The van der Waals surface area contributed by atoms with Gasteiger partial charge in [0.25, 0.3) is 11.8 Å². The second-order valence-corrected chi connectivity index (χ2v) is 9.10. The monoisotopic (exact) mass is 507 g/mol. The third-order valence-corrected chi connectivity index (χ3v) is 6.26. The fraction of sp³-hybridized carbons (Fsp3) is 0.458. The minimum atomic E-state index is -4.91. The molecule has 1 heterocycles. The summed E-state index contributed by atoms with van der Waals surface area (Å²) >= 11 is 0. The number of benzene rings is 1. The van der Waals surface area contributed by atoms with Crippen molar-refractivity contribution >= 4 is 24.0 Å². The van der Waals surface area contributed by atoms with Crippen LogP contribution < -0.4 is 5.32 Å². The zero-order valence-electron chi connectivity index (χ0n) is 19.3. The van der Waals surface area contributed by atoms with Gasteiger partial charge in [-0.25, -0.2) is 18.7 Å². The van der Waals surface area contributed by atoms with Gasteiger partial charge in [0.1, 0.15) is 0 Å². The first kappa shape index (κ1) is 25.6. The Morgan fingerprint density at radius 1 is 1.14 bits per heavy atom. The van der Waals surface area contributed by atoms with E-state index in [0.29, 0.717) is 18.5 Å². The van der Waals surface area contributed by atoms with Gasteiger partial charge in [-0.15, -0.1) is 6.34 Å². The number of alkyl halides is 5. The van der Waals surface area contributed by atoms with E-state index in [2.05, 4.69) is 20.3 Å². The summed E-state index contributed by atoms with van der Waals surface area (Å²) in [4.78, 5) is 26.7. The summed E-state index contributed by atoms with van der Waals surface area (Å²) in [7, 11) is 0. The van der Waals surface area contributed by atoms with Crippen LogP contribution in [-0.2, 0) is 12.1 Å². The summed E-state index contributed by atoms with van der Waals surface area (Å²) in [5.41, 5.74) is -2.62. The molecule has 1 unspecified atom stereocenters. The summed E-state index contributed by atoms with van der Waals surface area (Å²) in [6, 6.07) is 2.57. The second-order valence-electron chi connectivity index (χ2n) is 9.10. The Kier molecular flexibility index (Phi) is 7.05. The molecule has 0 radical (unpaired) electrons. The SMILES string of the molecule is CC(C(=NC=[N-])Nc1ncccn1)N(CC1CC1)C(=O)c1cc(C(F)(F)F)cc(C(F)(F)C2CC2)c1. The van der Waals surface area contributed by atoms with Gasteiger partial charge >= 0.3 is 6.18 Å². The minimum Gasteiger partial charge on any atom is -0.472 e. The quantitative estimate of drug-likeness (QED) is 0.282. The van der Waals surface area contributed by atoms with Crippen LogP contribution in [0.4, 0.5) is 27.9 Å². The van der Waals surface area contributed by atoms with Gasteiger partial charge < -0.3 is 20.6 Å². The Labute approximate surface area is 204 Å². The highest BCUT2D eigenvalue weighted by Crippen LogP contribution is 2.50. The molecule has 1 aromatic heterocycles. The number of nitrogens with zero attached hydrogens (tertiary/aromatic N) is 5. The maximum absolute atomic E-state index is 14.8. The van der Waals surface area contributed by atoms with E-state index in [0.717, 1.165) is 18.9 Å². The van der Waals surface area contributed by atoms with Gasteiger partial charge in [-0.2, -0.15) is 13.2 Å². The number of hydrogen-bond donors (Lipinski definition) is 1. The van der Waals surface area contributed by atoms with Crippen molar-refractivity contribution in [1.82, 2.24) is 14.9 Å². The molecule has 2 aromatic rings. The fourth-order valence-corrected chi connectivity index (χ4v) is 3.88. The van der Waals surface area contributed by atoms with E-state index in [9.17, 15) is 32.2 Å². The maximum atomic E-state index is 14.8. The molecule has 1 atom stereocenters. The molecule has 0 bridgehead atoms. The Hall–Kier alpha value is -3.44. The summed E-state index contributed by atoms with van der Waals surface area (Å²) < 4.78 is 70.5. The van der Waals surface area contributed by atoms with Crippen LogP contribution in [0.3, 0.4) is 0 Å². The van der Waals surface area contributed by atoms with Crippen molar-refractivity contribution in [3.63, 3.8) is 0 Å². The largest absolute Gasteiger partial charge is 0.472 e. The number of rotatable bonds is 9. The molecule has 1 N–H and O–H groups in total. The number of amidine groups is 1. The smallest absolute Gasteiger partial charge is 0.416 e. The van der Waals surface area contributed by atoms with Gasteiger partial charge in [-0.05, 0) is 62.8 Å². The normalized spacial score (nSPS) is 17.4. The lowest BCUT2D eigenvalue weighted by atomic mass is 9.97. The Morgan fingerprint density at radius 2 is 1.78 bits per heavy atom. The summed E-state index contributed by atoms with van der Waals surface area (Å²) in [6.45, 7) is 1.73. The molecule has 0 spiro atoms. The lowest BCUT2D eigenvalue weighted by Gasteiger charge is -2.33. The highest BCUT2D eigenvalue weighted by molar-refractivity contribution is 6.05. The summed E-state index contributed by atoms with van der Waals surface area (Å²) in [6.07, 6.45) is 0.553. The predicted octanol–water partition coefficient (Wildman–Crippen LogP) is 5.35. The van der Waals surface area contributed by atoms with Crippen LogP contribution in [0.1, 0.15) is 54.1 Å². The number of carbonyl (C=O) groups is 1.